The third-order valence-electron chi connectivity index (χ3n) is 9.72. The Hall–Kier alpha value is -2.70. The molecule has 1 aromatic heterocycles. The quantitative estimate of drug-likeness (QED) is 0.374. The monoisotopic (exact) mass is 529 g/mol. The summed E-state index contributed by atoms with van der Waals surface area (Å²) in [5.74, 6) is 3.01. The molecule has 2 aromatic carbocycles. The molecule has 1 saturated carbocycles. The van der Waals surface area contributed by atoms with Gasteiger partial charge in [-0.1, -0.05) is 54.9 Å². The first-order valence-corrected chi connectivity index (χ1v) is 15.0. The maximum atomic E-state index is 11.4. The summed E-state index contributed by atoms with van der Waals surface area (Å²) >= 11 is 0. The van der Waals surface area contributed by atoms with Gasteiger partial charge in [-0.05, 0) is 106 Å². The number of piperidine rings is 1. The molecular weight excluding hydrogens is 486 g/mol. The van der Waals surface area contributed by atoms with Gasteiger partial charge in [0.1, 0.15) is 5.75 Å². The van der Waals surface area contributed by atoms with E-state index < -0.39 is 5.60 Å². The molecular formula is C33H43N3O3. The highest BCUT2D eigenvalue weighted by Gasteiger charge is 2.51. The van der Waals surface area contributed by atoms with Crippen molar-refractivity contribution in [2.45, 2.75) is 94.7 Å². The first-order chi connectivity index (χ1) is 19.0. The third-order valence-corrected chi connectivity index (χ3v) is 9.72. The SMILES string of the molecule is CCC[C@@]1(O)CC[C@@]2(Cc3ccccc3)c3ccc(OCc4noc(C5CCCN(C)C5)n4)cc3CC[C@@H]2C1. The molecule has 0 amide bonds. The van der Waals surface area contributed by atoms with Crippen molar-refractivity contribution in [1.82, 2.24) is 15.0 Å². The molecule has 1 saturated heterocycles. The molecule has 208 valence electrons. The largest absolute Gasteiger partial charge is 0.485 e. The van der Waals surface area contributed by atoms with Crippen LogP contribution in [-0.4, -0.2) is 45.9 Å². The number of hydrogen-bond acceptors (Lipinski definition) is 6. The summed E-state index contributed by atoms with van der Waals surface area (Å²) in [6, 6.07) is 17.6. The van der Waals surface area contributed by atoms with Crippen LogP contribution >= 0.6 is 0 Å². The Balaban J connectivity index is 1.21. The minimum absolute atomic E-state index is 0.0587. The van der Waals surface area contributed by atoms with E-state index in [0.717, 1.165) is 88.9 Å². The van der Waals surface area contributed by atoms with Gasteiger partial charge in [-0.3, -0.25) is 0 Å². The summed E-state index contributed by atoms with van der Waals surface area (Å²) in [7, 11) is 2.15. The molecule has 6 heteroatoms. The molecule has 3 aromatic rings. The molecule has 2 fully saturated rings. The van der Waals surface area contributed by atoms with Gasteiger partial charge >= 0.3 is 0 Å². The Morgan fingerprint density at radius 2 is 2.00 bits per heavy atom. The number of hydrogen-bond donors (Lipinski definition) is 1. The topological polar surface area (TPSA) is 71.6 Å². The van der Waals surface area contributed by atoms with Crippen molar-refractivity contribution in [2.24, 2.45) is 5.92 Å². The molecule has 6 nitrogen and oxygen atoms in total. The van der Waals surface area contributed by atoms with Crippen LogP contribution in [0.5, 0.6) is 5.75 Å². The molecule has 0 spiro atoms. The van der Waals surface area contributed by atoms with Gasteiger partial charge in [0.15, 0.2) is 6.61 Å². The van der Waals surface area contributed by atoms with E-state index >= 15 is 0 Å². The second-order valence-corrected chi connectivity index (χ2v) is 12.5. The fourth-order valence-electron chi connectivity index (χ4n) is 7.82. The number of benzene rings is 2. The van der Waals surface area contributed by atoms with Gasteiger partial charge in [0, 0.05) is 12.0 Å². The first-order valence-electron chi connectivity index (χ1n) is 15.0. The number of likely N-dealkylation sites (N-methyl/N-ethyl adjacent to an activating group) is 1. The van der Waals surface area contributed by atoms with E-state index in [1.54, 1.807) is 0 Å². The number of likely N-dealkylation sites (tertiary alicyclic amines) is 1. The van der Waals surface area contributed by atoms with E-state index in [4.69, 9.17) is 9.26 Å². The van der Waals surface area contributed by atoms with Crippen molar-refractivity contribution in [3.63, 3.8) is 0 Å². The summed E-state index contributed by atoms with van der Waals surface area (Å²) in [4.78, 5) is 6.99. The van der Waals surface area contributed by atoms with Crippen LogP contribution in [0.2, 0.25) is 0 Å². The van der Waals surface area contributed by atoms with Crippen molar-refractivity contribution in [1.29, 1.82) is 0 Å². The summed E-state index contributed by atoms with van der Waals surface area (Å²) in [6.07, 6.45) is 10.2. The molecule has 2 aliphatic carbocycles. The van der Waals surface area contributed by atoms with Gasteiger partial charge in [-0.2, -0.15) is 4.98 Å². The summed E-state index contributed by atoms with van der Waals surface area (Å²) in [5, 5.41) is 15.6. The van der Waals surface area contributed by atoms with E-state index in [0.29, 0.717) is 24.3 Å². The molecule has 2 heterocycles. The lowest BCUT2D eigenvalue weighted by atomic mass is 9.52. The van der Waals surface area contributed by atoms with Crippen LogP contribution in [-0.2, 0) is 24.9 Å². The molecule has 1 N–H and O–H groups in total. The first kappa shape index (κ1) is 26.5. The standard InChI is InChI=1S/C33H43N3O3/c1-3-15-32(37)16-17-33(20-24-8-5-4-6-9-24)27(21-32)12-11-25-19-28(13-14-29(25)33)38-23-30-34-31(39-35-30)26-10-7-18-36(2)22-26/h4-6,8-9,13-14,19,26-27,37H,3,7,10-12,15-18,20-23H2,1-2H3/t26?,27-,32-,33+/m1/s1. The van der Waals surface area contributed by atoms with Gasteiger partial charge in [0.05, 0.1) is 11.5 Å². The van der Waals surface area contributed by atoms with Gasteiger partial charge in [0.2, 0.25) is 11.7 Å². The molecule has 0 bridgehead atoms. The fraction of sp³-hybridized carbons (Fsp3) is 0.576. The average molecular weight is 530 g/mol. The van der Waals surface area contributed by atoms with E-state index in [-0.39, 0.29) is 5.41 Å². The van der Waals surface area contributed by atoms with Gasteiger partial charge in [-0.15, -0.1) is 0 Å². The highest BCUT2D eigenvalue weighted by Crippen LogP contribution is 2.55. The minimum atomic E-state index is -0.517. The zero-order valence-electron chi connectivity index (χ0n) is 23.6. The van der Waals surface area contributed by atoms with Crippen LogP contribution in [0.3, 0.4) is 0 Å². The Morgan fingerprint density at radius 1 is 1.13 bits per heavy atom. The summed E-state index contributed by atoms with van der Waals surface area (Å²) < 4.78 is 11.8. The number of aryl methyl sites for hydroxylation is 1. The van der Waals surface area contributed by atoms with Gasteiger partial charge < -0.3 is 19.3 Å². The van der Waals surface area contributed by atoms with E-state index in [2.05, 4.69) is 77.5 Å². The van der Waals surface area contributed by atoms with E-state index in [1.165, 1.54) is 16.7 Å². The lowest BCUT2D eigenvalue weighted by Gasteiger charge is -2.53. The Kier molecular flexibility index (Phi) is 7.52. The van der Waals surface area contributed by atoms with Crippen molar-refractivity contribution < 1.29 is 14.4 Å². The van der Waals surface area contributed by atoms with Crippen LogP contribution in [0, 0.1) is 5.92 Å². The van der Waals surface area contributed by atoms with Gasteiger partial charge in [0.25, 0.3) is 0 Å². The number of rotatable bonds is 8. The molecule has 6 rings (SSSR count). The lowest BCUT2D eigenvalue weighted by molar-refractivity contribution is -0.0565. The molecule has 4 atom stereocenters. The smallest absolute Gasteiger partial charge is 0.231 e. The Bertz CT molecular complexity index is 1260. The number of aromatic nitrogens is 2. The summed E-state index contributed by atoms with van der Waals surface area (Å²) in [5.41, 5.74) is 3.77. The second kappa shape index (κ2) is 11.1. The van der Waals surface area contributed by atoms with Crippen LogP contribution in [0.1, 0.15) is 92.6 Å². The molecule has 1 aliphatic heterocycles. The van der Waals surface area contributed by atoms with Crippen molar-refractivity contribution in [3.05, 3.63) is 76.9 Å². The molecule has 1 unspecified atom stereocenters. The maximum absolute atomic E-state index is 11.4. The second-order valence-electron chi connectivity index (χ2n) is 12.5. The normalized spacial score (nSPS) is 29.0. The number of ether oxygens (including phenoxy) is 1. The fourth-order valence-corrected chi connectivity index (χ4v) is 7.82. The number of aliphatic hydroxyl groups is 1. The van der Waals surface area contributed by atoms with Crippen molar-refractivity contribution in [2.75, 3.05) is 20.1 Å². The number of fused-ring (bicyclic) bond motifs is 3. The van der Waals surface area contributed by atoms with E-state index in [9.17, 15) is 5.11 Å². The Labute approximate surface area is 232 Å². The van der Waals surface area contributed by atoms with Gasteiger partial charge in [-0.25, -0.2) is 0 Å². The predicted octanol–water partition coefficient (Wildman–Crippen LogP) is 6.22. The molecule has 39 heavy (non-hydrogen) atoms. The molecule has 3 aliphatic rings. The minimum Gasteiger partial charge on any atom is -0.485 e. The summed E-state index contributed by atoms with van der Waals surface area (Å²) in [6.45, 7) is 4.60. The predicted molar refractivity (Wildman–Crippen MR) is 152 cm³/mol. The lowest BCUT2D eigenvalue weighted by Crippen LogP contribution is -2.51. The van der Waals surface area contributed by atoms with Crippen LogP contribution in [0.25, 0.3) is 0 Å². The van der Waals surface area contributed by atoms with Crippen LogP contribution in [0.4, 0.5) is 0 Å². The number of nitrogens with zero attached hydrogens (tertiary/aromatic N) is 3. The van der Waals surface area contributed by atoms with E-state index in [1.807, 2.05) is 0 Å². The molecule has 0 radical (unpaired) electrons. The van der Waals surface area contributed by atoms with Crippen LogP contribution < -0.4 is 4.74 Å². The highest BCUT2D eigenvalue weighted by molar-refractivity contribution is 5.45. The Morgan fingerprint density at radius 3 is 2.82 bits per heavy atom. The highest BCUT2D eigenvalue weighted by atomic mass is 16.5. The zero-order chi connectivity index (χ0) is 26.9. The average Bonchev–Trinajstić information content (AvgIpc) is 3.42. The third kappa shape index (κ3) is 5.51. The zero-order valence-corrected chi connectivity index (χ0v) is 23.6. The van der Waals surface area contributed by atoms with Crippen molar-refractivity contribution in [3.8, 4) is 5.75 Å². The van der Waals surface area contributed by atoms with Crippen LogP contribution in [0.15, 0.2) is 53.1 Å². The maximum Gasteiger partial charge on any atom is 0.231 e. The van der Waals surface area contributed by atoms with Crippen molar-refractivity contribution >= 4 is 0 Å².